The lowest BCUT2D eigenvalue weighted by Crippen LogP contribution is -2.59. The summed E-state index contributed by atoms with van der Waals surface area (Å²) in [5, 5.41) is 81.9. The molecule has 3 aromatic rings. The molecule has 2 heterocycles. The van der Waals surface area contributed by atoms with Crippen LogP contribution in [-0.2, 0) is 28.9 Å². The molecule has 12 unspecified atom stereocenters. The standard InChI is InChI=1S/C67H93N7O8/c1-40(2)20-27-57(71-36-43-13-7-6-8-14-43)41(3)12-9-18-48(39-75)52-29-31-67(62(52)80)56-26-25-50(77)33-44-15-10-16-45(32-44)34-54(55(37-73-65(69)70)46-21-23-49(76)24-22-46)59(79)38-72-61-60-47(17-11-19-53(60)63(68)74-64(61)81)35-58(78)42(4)51(56)28-30-66(67,5)82/h9-12,15-24,32,43,50,52,54-57,59,61-63,71-72,75-77,79-80,82H,3,6-8,13-14,25-31,33-39,68H2,1-2,4-5H3,(H,74,81)(H4,69,70,73). The summed E-state index contributed by atoms with van der Waals surface area (Å²) < 4.78 is 0. The van der Waals surface area contributed by atoms with Gasteiger partial charge in [-0.15, -0.1) is 0 Å². The molecular weight excluding hydrogens is 1030 g/mol. The number of allylic oxidation sites excluding steroid dienone is 5. The molecule has 1 spiro atoms. The largest absolute Gasteiger partial charge is 0.508 e. The molecule has 0 radical (unpaired) electrons. The number of Topliss-reactive ketones (excluding diaryl/α,β-unsaturated/α-hetero) is 1. The Bertz CT molecular complexity index is 2880. The Kier molecular flexibility index (Phi) is 21.1. The number of nitrogens with two attached hydrogens (primary N) is 3. The number of β-amino-alcohol motifs (C(OH)–C–C–N with tert-alkyl or cyclic N) is 1. The maximum Gasteiger partial charge on any atom is 0.243 e. The number of aliphatic imine (C=N–C) groups is 1. The van der Waals surface area contributed by atoms with Crippen molar-refractivity contribution in [3.63, 3.8) is 0 Å². The van der Waals surface area contributed by atoms with Crippen LogP contribution in [0.3, 0.4) is 0 Å². The van der Waals surface area contributed by atoms with E-state index >= 15 is 4.79 Å². The van der Waals surface area contributed by atoms with Gasteiger partial charge >= 0.3 is 0 Å². The second-order valence-electron chi connectivity index (χ2n) is 24.9. The lowest BCUT2D eigenvalue weighted by atomic mass is 9.52. The summed E-state index contributed by atoms with van der Waals surface area (Å²) in [6.45, 7) is 13.0. The number of phenols is 1. The molecule has 3 saturated carbocycles. The Hall–Kier alpha value is -5.75. The number of rotatable bonds is 14. The third-order valence-electron chi connectivity index (χ3n) is 19.3. The van der Waals surface area contributed by atoms with E-state index in [1.165, 1.54) is 37.7 Å². The minimum Gasteiger partial charge on any atom is -0.508 e. The van der Waals surface area contributed by atoms with E-state index in [9.17, 15) is 35.4 Å². The summed E-state index contributed by atoms with van der Waals surface area (Å²) in [7, 11) is 0. The van der Waals surface area contributed by atoms with E-state index in [0.29, 0.717) is 72.3 Å². The van der Waals surface area contributed by atoms with Crippen molar-refractivity contribution in [3.05, 3.63) is 159 Å². The molecule has 15 nitrogen and oxygen atoms in total. The Morgan fingerprint density at radius 3 is 2.37 bits per heavy atom. The summed E-state index contributed by atoms with van der Waals surface area (Å²) in [6.07, 6.45) is 14.0. The van der Waals surface area contributed by atoms with Crippen molar-refractivity contribution in [1.29, 1.82) is 0 Å². The predicted molar refractivity (Wildman–Crippen MR) is 324 cm³/mol. The van der Waals surface area contributed by atoms with Gasteiger partial charge in [-0.05, 0) is 185 Å². The third kappa shape index (κ3) is 14.4. The molecule has 2 aliphatic heterocycles. The summed E-state index contributed by atoms with van der Waals surface area (Å²) >= 11 is 0. The Morgan fingerprint density at radius 1 is 0.939 bits per heavy atom. The number of hydrogen-bond donors (Lipinski definition) is 12. The number of benzene rings is 3. The molecule has 3 aromatic carbocycles. The molecule has 1 amide bonds. The number of hydrogen-bond acceptors (Lipinski definition) is 12. The van der Waals surface area contributed by atoms with Crippen LogP contribution in [0, 0.1) is 29.1 Å². The first-order valence-corrected chi connectivity index (χ1v) is 30.1. The van der Waals surface area contributed by atoms with E-state index in [2.05, 4.69) is 47.4 Å². The number of aliphatic hydroxyl groups excluding tert-OH is 4. The maximum atomic E-state index is 15.1. The number of nitrogens with zero attached hydrogens (tertiary/aromatic N) is 1. The first-order chi connectivity index (χ1) is 39.2. The van der Waals surface area contributed by atoms with Gasteiger partial charge in [-0.1, -0.05) is 116 Å². The number of fused-ring (bicyclic) bond motifs is 4. The van der Waals surface area contributed by atoms with Crippen molar-refractivity contribution >= 4 is 17.6 Å². The molecule has 2 bridgehead atoms. The molecule has 444 valence electrons. The van der Waals surface area contributed by atoms with Gasteiger partial charge in [0, 0.05) is 42.8 Å². The van der Waals surface area contributed by atoms with Crippen LogP contribution in [0.4, 0.5) is 0 Å². The zero-order chi connectivity index (χ0) is 58.9. The van der Waals surface area contributed by atoms with Crippen LogP contribution >= 0.6 is 0 Å². The number of ketones is 1. The van der Waals surface area contributed by atoms with E-state index in [-0.39, 0.29) is 62.5 Å². The van der Waals surface area contributed by atoms with E-state index in [0.717, 1.165) is 40.8 Å². The maximum absolute atomic E-state index is 15.1. The van der Waals surface area contributed by atoms with Crippen molar-refractivity contribution in [2.75, 3.05) is 26.2 Å². The van der Waals surface area contributed by atoms with Crippen molar-refractivity contribution in [3.8, 4) is 5.75 Å². The van der Waals surface area contributed by atoms with Crippen molar-refractivity contribution in [2.24, 2.45) is 51.3 Å². The summed E-state index contributed by atoms with van der Waals surface area (Å²) in [5.41, 5.74) is 24.4. The molecular formula is C67H93N7O8. The fraction of sp³-hybridized carbons (Fsp3) is 0.537. The van der Waals surface area contributed by atoms with Crippen molar-refractivity contribution in [2.45, 2.75) is 172 Å². The lowest BCUT2D eigenvalue weighted by Gasteiger charge is -2.56. The second-order valence-corrected chi connectivity index (χ2v) is 24.9. The number of amides is 1. The molecule has 0 saturated heterocycles. The monoisotopic (exact) mass is 1120 g/mol. The molecule has 15 heteroatoms. The topological polar surface area (TPSA) is 282 Å². The molecule has 0 aromatic heterocycles. The van der Waals surface area contributed by atoms with Gasteiger partial charge in [0.2, 0.25) is 5.91 Å². The summed E-state index contributed by atoms with van der Waals surface area (Å²) in [4.78, 5) is 33.7. The van der Waals surface area contributed by atoms with Gasteiger partial charge in [-0.25, -0.2) is 0 Å². The van der Waals surface area contributed by atoms with Crippen LogP contribution in [0.1, 0.15) is 156 Å². The number of carbonyl (C=O) groups is 2. The average molecular weight is 1120 g/mol. The van der Waals surface area contributed by atoms with Crippen LogP contribution < -0.4 is 33.2 Å². The second kappa shape index (κ2) is 27.8. The zero-order valence-corrected chi connectivity index (χ0v) is 48.8. The van der Waals surface area contributed by atoms with Gasteiger partial charge < -0.3 is 58.5 Å². The Balaban J connectivity index is 1.16. The van der Waals surface area contributed by atoms with E-state index in [1.54, 1.807) is 31.2 Å². The van der Waals surface area contributed by atoms with Crippen LogP contribution in [0.25, 0.3) is 0 Å². The first-order valence-electron chi connectivity index (χ1n) is 30.1. The van der Waals surface area contributed by atoms with Gasteiger partial charge in [-0.2, -0.15) is 0 Å². The molecule has 3 aliphatic carbocycles. The minimum absolute atomic E-state index is 0.0424. The first kappa shape index (κ1) is 62.3. The number of nitrogens with one attached hydrogen (secondary N) is 3. The fourth-order valence-corrected chi connectivity index (χ4v) is 14.7. The normalized spacial score (nSPS) is 29.6. The molecule has 5 aliphatic rings. The number of carbonyl (C=O) groups excluding carboxylic acids is 2. The van der Waals surface area contributed by atoms with Crippen molar-refractivity contribution in [1.82, 2.24) is 16.0 Å². The van der Waals surface area contributed by atoms with Crippen LogP contribution in [0.2, 0.25) is 0 Å². The van der Waals surface area contributed by atoms with Gasteiger partial charge in [-0.3, -0.25) is 19.9 Å². The molecule has 15 N–H and O–H groups in total. The van der Waals surface area contributed by atoms with Gasteiger partial charge in [0.05, 0.1) is 30.5 Å². The van der Waals surface area contributed by atoms with Crippen LogP contribution in [0.15, 0.2) is 130 Å². The highest BCUT2D eigenvalue weighted by molar-refractivity contribution is 5.98. The highest BCUT2D eigenvalue weighted by atomic mass is 16.3. The van der Waals surface area contributed by atoms with Gasteiger partial charge in [0.25, 0.3) is 0 Å². The van der Waals surface area contributed by atoms with Crippen molar-refractivity contribution < 1.29 is 40.2 Å². The number of aromatic hydroxyl groups is 1. The SMILES string of the molecule is C=C(C=CC=C(CO)C1CCC2(C3CCC(O)Cc4cccc(c4)CC(C(CN=C(N)N)c4ccc(O)cc4)C(O)CNC4C(=O)NC(N)c5cccc(c54)CC(=O)C(C)=C3CCC2(C)O)C1O)C(CC=C(C)C)NCC1CCCCC1. The quantitative estimate of drug-likeness (QED) is 0.0326. The molecule has 82 heavy (non-hydrogen) atoms. The Labute approximate surface area is 486 Å². The number of aliphatic hydroxyl groups is 5. The highest BCUT2D eigenvalue weighted by Gasteiger charge is 2.64. The number of phenolic OH excluding ortho intramolecular Hbond substituents is 1. The van der Waals surface area contributed by atoms with Gasteiger partial charge in [0.1, 0.15) is 18.0 Å². The van der Waals surface area contributed by atoms with E-state index in [4.69, 9.17) is 17.2 Å². The van der Waals surface area contributed by atoms with Gasteiger partial charge in [0.15, 0.2) is 11.7 Å². The average Bonchev–Trinajstić information content (AvgIpc) is 1.70. The van der Waals surface area contributed by atoms with Crippen LogP contribution in [0.5, 0.6) is 5.75 Å². The number of guanidine groups is 1. The summed E-state index contributed by atoms with van der Waals surface area (Å²) in [6, 6.07) is 19.1. The summed E-state index contributed by atoms with van der Waals surface area (Å²) in [5.74, 6) is -2.05. The van der Waals surface area contributed by atoms with E-state index in [1.807, 2.05) is 67.6 Å². The lowest BCUT2D eigenvalue weighted by molar-refractivity contribution is -0.168. The van der Waals surface area contributed by atoms with Crippen LogP contribution in [-0.4, -0.2) is 104 Å². The smallest absolute Gasteiger partial charge is 0.243 e. The molecule has 8 rings (SSSR count). The van der Waals surface area contributed by atoms with E-state index < -0.39 is 71.1 Å². The molecule has 12 atom stereocenters. The fourth-order valence-electron chi connectivity index (χ4n) is 14.7. The minimum atomic E-state index is -1.39. The molecule has 3 fully saturated rings. The third-order valence-corrected chi connectivity index (χ3v) is 19.3. The Morgan fingerprint density at radius 2 is 1.66 bits per heavy atom. The predicted octanol–water partition coefficient (Wildman–Crippen LogP) is 7.36. The highest BCUT2D eigenvalue weighted by Crippen LogP contribution is 2.63. The zero-order valence-electron chi connectivity index (χ0n) is 48.8.